The van der Waals surface area contributed by atoms with Crippen molar-refractivity contribution in [1.29, 1.82) is 0 Å². The number of terminal acetylenes is 1. The second-order valence-electron chi connectivity index (χ2n) is 13.5. The Morgan fingerprint density at radius 3 is 1.86 bits per heavy atom. The van der Waals surface area contributed by atoms with E-state index in [9.17, 15) is 0 Å². The fourth-order valence-corrected chi connectivity index (χ4v) is 10.8. The van der Waals surface area contributed by atoms with Gasteiger partial charge in [0.25, 0.3) is 0 Å². The largest absolute Gasteiger partial charge is 0.115 e. The van der Waals surface area contributed by atoms with Crippen molar-refractivity contribution in [1.82, 2.24) is 0 Å². The number of rotatable bonds is 3. The van der Waals surface area contributed by atoms with E-state index in [2.05, 4.69) is 71.2 Å². The summed E-state index contributed by atoms with van der Waals surface area (Å²) in [5.74, 6) is 4.15. The molecule has 4 saturated carbocycles. The summed E-state index contributed by atoms with van der Waals surface area (Å²) in [5.41, 5.74) is 4.27. The molecule has 2 atom stereocenters. The molecule has 1 aromatic rings. The third-order valence-electron chi connectivity index (χ3n) is 8.15. The molecule has 0 radical (unpaired) electrons. The zero-order valence-electron chi connectivity index (χ0n) is 19.6. The van der Waals surface area contributed by atoms with Crippen molar-refractivity contribution in [3.05, 3.63) is 23.3 Å². The Balaban J connectivity index is 1.98. The Labute approximate surface area is 175 Å². The number of benzene rings is 1. The van der Waals surface area contributed by atoms with Crippen LogP contribution in [0.5, 0.6) is 0 Å². The summed E-state index contributed by atoms with van der Waals surface area (Å²) in [6, 6.07) is 5.16. The lowest BCUT2D eigenvalue weighted by atomic mass is 9.39. The summed E-state index contributed by atoms with van der Waals surface area (Å²) in [7, 11) is -2.92. The molecule has 4 fully saturated rings. The molecular formula is C26H40Si2. The SMILES string of the molecule is C#Cc1c(C23CC4CC(C)(CC(C)(C4)C2)C3)cc([Si](C)(C)C)cc1[Si](C)(C)C. The van der Waals surface area contributed by atoms with Crippen LogP contribution >= 0.6 is 0 Å². The van der Waals surface area contributed by atoms with E-state index in [1.807, 2.05) is 0 Å². The third-order valence-corrected chi connectivity index (χ3v) is 12.2. The zero-order valence-corrected chi connectivity index (χ0v) is 21.6. The van der Waals surface area contributed by atoms with Crippen LogP contribution in [0.4, 0.5) is 0 Å². The van der Waals surface area contributed by atoms with Gasteiger partial charge in [-0.1, -0.05) is 76.4 Å². The van der Waals surface area contributed by atoms with Gasteiger partial charge in [-0.05, 0) is 71.4 Å². The fraction of sp³-hybridized carbons (Fsp3) is 0.692. The molecular weight excluding hydrogens is 368 g/mol. The van der Waals surface area contributed by atoms with Crippen LogP contribution in [0.3, 0.4) is 0 Å². The highest BCUT2D eigenvalue weighted by Gasteiger charge is 2.61. The second kappa shape index (κ2) is 5.89. The maximum absolute atomic E-state index is 6.28. The lowest BCUT2D eigenvalue weighted by Crippen LogP contribution is -2.58. The quantitative estimate of drug-likeness (QED) is 0.424. The molecule has 0 aliphatic heterocycles. The molecule has 0 heterocycles. The molecule has 2 heteroatoms. The van der Waals surface area contributed by atoms with Crippen molar-refractivity contribution in [3.8, 4) is 12.3 Å². The fourth-order valence-electron chi connectivity index (χ4n) is 7.99. The van der Waals surface area contributed by atoms with Crippen molar-refractivity contribution < 1.29 is 0 Å². The maximum Gasteiger partial charge on any atom is 0.0792 e. The Hall–Kier alpha value is -0.786. The molecule has 152 valence electrons. The van der Waals surface area contributed by atoms with Gasteiger partial charge >= 0.3 is 0 Å². The Bertz CT molecular complexity index is 840. The minimum atomic E-state index is -1.51. The van der Waals surface area contributed by atoms with Crippen molar-refractivity contribution in [3.63, 3.8) is 0 Å². The van der Waals surface area contributed by atoms with E-state index in [-0.39, 0.29) is 0 Å². The molecule has 0 amide bonds. The van der Waals surface area contributed by atoms with Crippen LogP contribution < -0.4 is 10.4 Å². The van der Waals surface area contributed by atoms with E-state index in [1.165, 1.54) is 44.1 Å². The van der Waals surface area contributed by atoms with E-state index in [4.69, 9.17) is 6.42 Å². The predicted octanol–water partition coefficient (Wildman–Crippen LogP) is 6.01. The minimum Gasteiger partial charge on any atom is -0.115 e. The summed E-state index contributed by atoms with van der Waals surface area (Å²) in [4.78, 5) is 0. The Kier molecular flexibility index (Phi) is 4.31. The van der Waals surface area contributed by atoms with Gasteiger partial charge in [0.1, 0.15) is 0 Å². The molecule has 0 saturated heterocycles. The topological polar surface area (TPSA) is 0 Å². The van der Waals surface area contributed by atoms with Crippen LogP contribution in [0.15, 0.2) is 12.1 Å². The highest BCUT2D eigenvalue weighted by Crippen LogP contribution is 2.70. The van der Waals surface area contributed by atoms with Crippen LogP contribution in [0.2, 0.25) is 39.3 Å². The number of hydrogen-bond acceptors (Lipinski definition) is 0. The monoisotopic (exact) mass is 408 g/mol. The van der Waals surface area contributed by atoms with E-state index in [0.29, 0.717) is 16.2 Å². The molecule has 4 bridgehead atoms. The standard InChI is InChI=1S/C26H40Si2/c1-10-21-22(11-20(27(4,5)6)12-23(21)28(7,8)9)26-15-19-13-24(2,17-26)16-25(3,14-19)18-26/h1,11-12,19H,13-18H2,2-9H3. The van der Waals surface area contributed by atoms with Gasteiger partial charge < -0.3 is 0 Å². The molecule has 0 aromatic heterocycles. The van der Waals surface area contributed by atoms with E-state index in [1.54, 1.807) is 15.9 Å². The van der Waals surface area contributed by atoms with Gasteiger partial charge in [-0.25, -0.2) is 0 Å². The van der Waals surface area contributed by atoms with Crippen molar-refractivity contribution in [2.75, 3.05) is 0 Å². The molecule has 5 rings (SSSR count). The summed E-state index contributed by atoms with van der Waals surface area (Å²) in [6.45, 7) is 20.1. The van der Waals surface area contributed by atoms with Gasteiger partial charge in [0.15, 0.2) is 0 Å². The Morgan fingerprint density at radius 2 is 1.43 bits per heavy atom. The normalized spacial score (nSPS) is 37.2. The lowest BCUT2D eigenvalue weighted by Gasteiger charge is -2.66. The molecule has 1 aromatic carbocycles. The van der Waals surface area contributed by atoms with Crippen LogP contribution in [-0.2, 0) is 5.41 Å². The van der Waals surface area contributed by atoms with Crippen molar-refractivity contribution >= 4 is 26.5 Å². The maximum atomic E-state index is 6.28. The predicted molar refractivity (Wildman–Crippen MR) is 129 cm³/mol. The average molecular weight is 409 g/mol. The second-order valence-corrected chi connectivity index (χ2v) is 23.6. The Morgan fingerprint density at radius 1 is 0.857 bits per heavy atom. The van der Waals surface area contributed by atoms with Crippen LogP contribution in [-0.4, -0.2) is 16.1 Å². The molecule has 0 nitrogen and oxygen atoms in total. The molecule has 2 unspecified atom stereocenters. The average Bonchev–Trinajstić information content (AvgIpc) is 2.48. The summed E-state index contributed by atoms with van der Waals surface area (Å²) < 4.78 is 0. The molecule has 4 aliphatic carbocycles. The summed E-state index contributed by atoms with van der Waals surface area (Å²) >= 11 is 0. The molecule has 0 spiro atoms. The van der Waals surface area contributed by atoms with Crippen LogP contribution in [0.1, 0.15) is 63.5 Å². The minimum absolute atomic E-state index is 0.328. The van der Waals surface area contributed by atoms with Gasteiger partial charge in [-0.15, -0.1) is 6.42 Å². The van der Waals surface area contributed by atoms with E-state index < -0.39 is 16.1 Å². The zero-order chi connectivity index (χ0) is 20.8. The summed E-state index contributed by atoms with van der Waals surface area (Å²) in [6.07, 6.45) is 14.7. The van der Waals surface area contributed by atoms with Crippen molar-refractivity contribution in [2.24, 2.45) is 16.7 Å². The molecule has 28 heavy (non-hydrogen) atoms. The van der Waals surface area contributed by atoms with Crippen molar-refractivity contribution in [2.45, 2.75) is 97.1 Å². The van der Waals surface area contributed by atoms with Crippen LogP contribution in [0, 0.1) is 29.1 Å². The lowest BCUT2D eigenvalue weighted by molar-refractivity contribution is -0.110. The third kappa shape index (κ3) is 3.18. The first-order chi connectivity index (χ1) is 12.7. The van der Waals surface area contributed by atoms with Gasteiger partial charge in [-0.2, -0.15) is 0 Å². The van der Waals surface area contributed by atoms with Gasteiger partial charge in [0.05, 0.1) is 16.1 Å². The highest BCUT2D eigenvalue weighted by atomic mass is 28.3. The number of hydrogen-bond donors (Lipinski definition) is 0. The molecule has 4 aliphatic rings. The van der Waals surface area contributed by atoms with Gasteiger partial charge in [-0.3, -0.25) is 0 Å². The summed E-state index contributed by atoms with van der Waals surface area (Å²) in [5, 5.41) is 3.18. The van der Waals surface area contributed by atoms with E-state index in [0.717, 1.165) is 5.92 Å². The first kappa shape index (κ1) is 20.5. The van der Waals surface area contributed by atoms with Gasteiger partial charge in [0, 0.05) is 5.56 Å². The first-order valence-electron chi connectivity index (χ1n) is 11.4. The smallest absolute Gasteiger partial charge is 0.0792 e. The molecule has 0 N–H and O–H groups in total. The van der Waals surface area contributed by atoms with Crippen LogP contribution in [0.25, 0.3) is 0 Å². The van der Waals surface area contributed by atoms with E-state index >= 15 is 0 Å². The first-order valence-corrected chi connectivity index (χ1v) is 18.4. The highest BCUT2D eigenvalue weighted by molar-refractivity contribution is 6.91. The van der Waals surface area contributed by atoms with Gasteiger partial charge in [0.2, 0.25) is 0 Å².